The molecule has 0 saturated heterocycles. The molecule has 0 aliphatic carbocycles. The van der Waals surface area contributed by atoms with Crippen LogP contribution in [0.2, 0.25) is 0 Å². The highest BCUT2D eigenvalue weighted by Gasteiger charge is 2.11. The lowest BCUT2D eigenvalue weighted by Gasteiger charge is -2.08. The molecule has 0 fully saturated rings. The zero-order valence-electron chi connectivity index (χ0n) is 17.3. The Morgan fingerprint density at radius 3 is 2.45 bits per heavy atom. The van der Waals surface area contributed by atoms with Crippen molar-refractivity contribution in [1.82, 2.24) is 14.3 Å². The summed E-state index contributed by atoms with van der Waals surface area (Å²) in [4.78, 5) is 24.8. The van der Waals surface area contributed by atoms with E-state index in [1.807, 2.05) is 35.8 Å². The molecule has 0 radical (unpaired) electrons. The van der Waals surface area contributed by atoms with Gasteiger partial charge < -0.3 is 19.9 Å². The van der Waals surface area contributed by atoms with E-state index in [2.05, 4.69) is 21.8 Å². The number of hydrogen-bond donors (Lipinski definition) is 2. The van der Waals surface area contributed by atoms with Crippen LogP contribution in [0.15, 0.2) is 67.0 Å². The number of para-hydroxylation sites is 1. The number of nitrogens with zero attached hydrogens (tertiary/aromatic N) is 3. The second-order valence-corrected chi connectivity index (χ2v) is 7.18. The van der Waals surface area contributed by atoms with Gasteiger partial charge in [0.1, 0.15) is 18.8 Å². The molecule has 0 unspecified atom stereocenters. The first-order valence-corrected chi connectivity index (χ1v) is 9.83. The molecule has 4 rings (SSSR count). The molecule has 2 aromatic carbocycles. The summed E-state index contributed by atoms with van der Waals surface area (Å²) in [6, 6.07) is 17.1. The Balaban J connectivity index is 1.34. The summed E-state index contributed by atoms with van der Waals surface area (Å²) in [7, 11) is 1.59. The first-order chi connectivity index (χ1) is 15.0. The molecule has 2 N–H and O–H groups in total. The summed E-state index contributed by atoms with van der Waals surface area (Å²) in [5, 5.41) is 10.9. The van der Waals surface area contributed by atoms with Crippen LogP contribution >= 0.6 is 0 Å². The van der Waals surface area contributed by atoms with E-state index in [0.717, 1.165) is 16.6 Å². The van der Waals surface area contributed by atoms with Crippen molar-refractivity contribution in [1.29, 1.82) is 0 Å². The lowest BCUT2D eigenvalue weighted by molar-refractivity contribution is -0.117. The van der Waals surface area contributed by atoms with Crippen LogP contribution in [0.4, 0.5) is 11.4 Å². The average molecular weight is 417 g/mol. The molecule has 2 heterocycles. The van der Waals surface area contributed by atoms with E-state index in [1.54, 1.807) is 37.6 Å². The molecule has 8 heteroatoms. The van der Waals surface area contributed by atoms with E-state index in [1.165, 1.54) is 10.9 Å². The number of fused-ring (bicyclic) bond motifs is 1. The third-order valence-electron chi connectivity index (χ3n) is 4.92. The van der Waals surface area contributed by atoms with Gasteiger partial charge in [-0.2, -0.15) is 5.10 Å². The number of anilines is 2. The molecular weight excluding hydrogens is 394 g/mol. The molecular formula is C23H23N5O3. The fourth-order valence-corrected chi connectivity index (χ4v) is 3.44. The third-order valence-corrected chi connectivity index (χ3v) is 4.92. The van der Waals surface area contributed by atoms with Crippen LogP contribution in [-0.4, -0.2) is 33.3 Å². The predicted octanol–water partition coefficient (Wildman–Crippen LogP) is 3.43. The summed E-state index contributed by atoms with van der Waals surface area (Å²) in [6.07, 6.45) is 3.16. The van der Waals surface area contributed by atoms with Gasteiger partial charge in [-0.25, -0.2) is 0 Å². The van der Waals surface area contributed by atoms with E-state index in [9.17, 15) is 9.59 Å². The van der Waals surface area contributed by atoms with Gasteiger partial charge in [-0.3, -0.25) is 14.3 Å². The molecule has 31 heavy (non-hydrogen) atoms. The van der Waals surface area contributed by atoms with Gasteiger partial charge >= 0.3 is 0 Å². The molecule has 0 spiro atoms. The van der Waals surface area contributed by atoms with Crippen LogP contribution in [0.5, 0.6) is 5.75 Å². The van der Waals surface area contributed by atoms with Gasteiger partial charge in [0.2, 0.25) is 11.8 Å². The predicted molar refractivity (Wildman–Crippen MR) is 119 cm³/mol. The Morgan fingerprint density at radius 2 is 1.68 bits per heavy atom. The number of rotatable bonds is 7. The van der Waals surface area contributed by atoms with Gasteiger partial charge in [-0.15, -0.1) is 0 Å². The summed E-state index contributed by atoms with van der Waals surface area (Å²) in [6.45, 7) is 2.21. The standard InChI is InChI=1S/C23H23N5O3/c1-16-11-17-5-3-4-6-21(17)28(16)15-23(30)26-19-12-24-27(13-19)14-22(29)25-18-7-9-20(31-2)10-8-18/h3-13H,14-15H2,1-2H3,(H,25,29)(H,26,30). The van der Waals surface area contributed by atoms with Crippen LogP contribution in [0.25, 0.3) is 10.9 Å². The Kier molecular flexibility index (Phi) is 5.70. The molecule has 0 atom stereocenters. The maximum atomic E-state index is 12.5. The largest absolute Gasteiger partial charge is 0.497 e. The van der Waals surface area contributed by atoms with Crippen molar-refractivity contribution >= 4 is 34.1 Å². The van der Waals surface area contributed by atoms with E-state index in [4.69, 9.17) is 4.74 Å². The lowest BCUT2D eigenvalue weighted by Crippen LogP contribution is -2.20. The minimum absolute atomic E-state index is 0.0310. The maximum Gasteiger partial charge on any atom is 0.246 e. The van der Waals surface area contributed by atoms with Crippen LogP contribution < -0.4 is 15.4 Å². The molecule has 2 amide bonds. The fraction of sp³-hybridized carbons (Fsp3) is 0.174. The highest BCUT2D eigenvalue weighted by atomic mass is 16.5. The van der Waals surface area contributed by atoms with Crippen LogP contribution in [-0.2, 0) is 22.7 Å². The Morgan fingerprint density at radius 1 is 0.968 bits per heavy atom. The number of nitrogens with one attached hydrogen (secondary N) is 2. The number of ether oxygens (including phenoxy) is 1. The summed E-state index contributed by atoms with van der Waals surface area (Å²) in [5.74, 6) is 0.334. The monoisotopic (exact) mass is 417 g/mol. The van der Waals surface area contributed by atoms with Gasteiger partial charge in [-0.05, 0) is 48.7 Å². The minimum Gasteiger partial charge on any atom is -0.497 e. The van der Waals surface area contributed by atoms with Crippen LogP contribution in [0.3, 0.4) is 0 Å². The third kappa shape index (κ3) is 4.75. The second-order valence-electron chi connectivity index (χ2n) is 7.18. The molecule has 0 bridgehead atoms. The van der Waals surface area contributed by atoms with Crippen molar-refractivity contribution in [3.05, 3.63) is 72.7 Å². The summed E-state index contributed by atoms with van der Waals surface area (Å²) in [5.41, 5.74) is 3.24. The van der Waals surface area contributed by atoms with E-state index >= 15 is 0 Å². The van der Waals surface area contributed by atoms with Crippen molar-refractivity contribution in [3.63, 3.8) is 0 Å². The Hall–Kier alpha value is -4.07. The summed E-state index contributed by atoms with van der Waals surface area (Å²) >= 11 is 0. The number of benzene rings is 2. The Bertz CT molecular complexity index is 1220. The van der Waals surface area contributed by atoms with E-state index in [0.29, 0.717) is 17.1 Å². The van der Waals surface area contributed by atoms with Crippen LogP contribution in [0, 0.1) is 6.92 Å². The van der Waals surface area contributed by atoms with Crippen LogP contribution in [0.1, 0.15) is 5.69 Å². The molecule has 158 valence electrons. The fourth-order valence-electron chi connectivity index (χ4n) is 3.44. The quantitative estimate of drug-likeness (QED) is 0.482. The summed E-state index contributed by atoms with van der Waals surface area (Å²) < 4.78 is 8.55. The highest BCUT2D eigenvalue weighted by Crippen LogP contribution is 2.19. The van der Waals surface area contributed by atoms with Gasteiger partial charge in [0.25, 0.3) is 0 Å². The molecule has 8 nitrogen and oxygen atoms in total. The zero-order valence-corrected chi connectivity index (χ0v) is 17.3. The normalized spacial score (nSPS) is 10.8. The van der Waals surface area contributed by atoms with Crippen molar-refractivity contribution in [2.24, 2.45) is 0 Å². The van der Waals surface area contributed by atoms with Gasteiger partial charge in [0.15, 0.2) is 0 Å². The zero-order chi connectivity index (χ0) is 21.8. The average Bonchev–Trinajstić information content (AvgIpc) is 3.32. The minimum atomic E-state index is -0.222. The maximum absolute atomic E-state index is 12.5. The Labute approximate surface area is 179 Å². The number of aromatic nitrogens is 3. The van der Waals surface area contributed by atoms with Crippen molar-refractivity contribution in [2.45, 2.75) is 20.0 Å². The first-order valence-electron chi connectivity index (χ1n) is 9.83. The number of hydrogen-bond acceptors (Lipinski definition) is 4. The van der Waals surface area contributed by atoms with Gasteiger partial charge in [0, 0.05) is 23.1 Å². The van der Waals surface area contributed by atoms with E-state index in [-0.39, 0.29) is 24.9 Å². The van der Waals surface area contributed by atoms with Crippen molar-refractivity contribution in [3.8, 4) is 5.75 Å². The SMILES string of the molecule is COc1ccc(NC(=O)Cn2cc(NC(=O)Cn3c(C)cc4ccccc43)cn2)cc1. The van der Waals surface area contributed by atoms with Gasteiger partial charge in [-0.1, -0.05) is 18.2 Å². The van der Waals surface area contributed by atoms with Crippen molar-refractivity contribution in [2.75, 3.05) is 17.7 Å². The number of methoxy groups -OCH3 is 1. The van der Waals surface area contributed by atoms with Crippen molar-refractivity contribution < 1.29 is 14.3 Å². The topological polar surface area (TPSA) is 90.2 Å². The first kappa shape index (κ1) is 20.2. The molecule has 0 aliphatic heterocycles. The molecule has 0 aliphatic rings. The molecule has 0 saturated carbocycles. The second kappa shape index (κ2) is 8.74. The number of carbonyl (C=O) groups excluding carboxylic acids is 2. The highest BCUT2D eigenvalue weighted by molar-refractivity contribution is 5.92. The molecule has 2 aromatic heterocycles. The van der Waals surface area contributed by atoms with E-state index < -0.39 is 0 Å². The number of aryl methyl sites for hydroxylation is 1. The van der Waals surface area contributed by atoms with Gasteiger partial charge in [0.05, 0.1) is 19.0 Å². The molecule has 4 aromatic rings. The number of amides is 2. The number of carbonyl (C=O) groups is 2. The lowest BCUT2D eigenvalue weighted by atomic mass is 10.2. The smallest absolute Gasteiger partial charge is 0.246 e.